The lowest BCUT2D eigenvalue weighted by Crippen LogP contribution is -1.95. The van der Waals surface area contributed by atoms with Crippen molar-refractivity contribution in [1.82, 2.24) is 10.2 Å². The molecule has 0 bridgehead atoms. The summed E-state index contributed by atoms with van der Waals surface area (Å²) in [7, 11) is 0. The van der Waals surface area contributed by atoms with E-state index in [1.165, 1.54) is 18.2 Å². The highest BCUT2D eigenvalue weighted by molar-refractivity contribution is 5.91. The van der Waals surface area contributed by atoms with Crippen LogP contribution in [0.5, 0.6) is 0 Å². The molecule has 126 valence electrons. The molecule has 0 saturated heterocycles. The van der Waals surface area contributed by atoms with Crippen LogP contribution >= 0.6 is 0 Å². The molecular formula is C18H11N5O3. The Bertz CT molecular complexity index is 1110. The van der Waals surface area contributed by atoms with Gasteiger partial charge >= 0.3 is 5.97 Å². The van der Waals surface area contributed by atoms with Crippen LogP contribution in [0.25, 0.3) is 23.0 Å². The Hall–Kier alpha value is -4.30. The fourth-order valence-electron chi connectivity index (χ4n) is 2.36. The number of anilines is 1. The summed E-state index contributed by atoms with van der Waals surface area (Å²) < 4.78 is 5.67. The van der Waals surface area contributed by atoms with Gasteiger partial charge in [-0.25, -0.2) is 4.79 Å². The summed E-state index contributed by atoms with van der Waals surface area (Å²) in [6.45, 7) is 0. The van der Waals surface area contributed by atoms with Gasteiger partial charge in [-0.1, -0.05) is 12.1 Å². The number of allylic oxidation sites excluding steroid dienone is 1. The number of carboxylic acids is 1. The lowest BCUT2D eigenvalue weighted by molar-refractivity contribution is 0.0697. The van der Waals surface area contributed by atoms with Crippen molar-refractivity contribution in [3.05, 3.63) is 59.0 Å². The first-order valence-electron chi connectivity index (χ1n) is 7.33. The van der Waals surface area contributed by atoms with Gasteiger partial charge in [0.25, 0.3) is 0 Å². The number of nitriles is 2. The number of benzene rings is 1. The van der Waals surface area contributed by atoms with Crippen LogP contribution in [0.1, 0.15) is 27.4 Å². The molecule has 8 nitrogen and oxygen atoms in total. The maximum absolute atomic E-state index is 11.1. The minimum Gasteiger partial charge on any atom is -0.478 e. The molecule has 2 aromatic heterocycles. The zero-order valence-electron chi connectivity index (χ0n) is 13.2. The van der Waals surface area contributed by atoms with Crippen LogP contribution in [0.4, 0.5) is 5.82 Å². The SMILES string of the molecule is N#C/C(=C\c1ccc(-c2cccc(C(=O)O)c2)o1)c1[nH]nc(N)c1C#N. The highest BCUT2D eigenvalue weighted by Gasteiger charge is 2.15. The number of hydrogen-bond acceptors (Lipinski definition) is 6. The summed E-state index contributed by atoms with van der Waals surface area (Å²) in [5.74, 6) is -0.226. The number of H-pyrrole nitrogens is 1. The summed E-state index contributed by atoms with van der Waals surface area (Å²) in [5.41, 5.74) is 6.73. The van der Waals surface area contributed by atoms with E-state index in [2.05, 4.69) is 10.2 Å². The van der Waals surface area contributed by atoms with Crippen molar-refractivity contribution in [3.63, 3.8) is 0 Å². The second kappa shape index (κ2) is 6.67. The molecule has 0 unspecified atom stereocenters. The van der Waals surface area contributed by atoms with Crippen molar-refractivity contribution < 1.29 is 14.3 Å². The van der Waals surface area contributed by atoms with Crippen LogP contribution in [0.3, 0.4) is 0 Å². The van der Waals surface area contributed by atoms with Crippen molar-refractivity contribution >= 4 is 23.4 Å². The Morgan fingerprint density at radius 3 is 2.81 bits per heavy atom. The van der Waals surface area contributed by atoms with Crippen molar-refractivity contribution in [3.8, 4) is 23.5 Å². The number of nitrogens with zero attached hydrogens (tertiary/aromatic N) is 3. The predicted octanol–water partition coefficient (Wildman–Crippen LogP) is 2.89. The molecule has 0 amide bonds. The smallest absolute Gasteiger partial charge is 0.335 e. The van der Waals surface area contributed by atoms with Crippen molar-refractivity contribution in [2.24, 2.45) is 0 Å². The average Bonchev–Trinajstić information content (AvgIpc) is 3.26. The second-order valence-electron chi connectivity index (χ2n) is 5.23. The quantitative estimate of drug-likeness (QED) is 0.614. The Morgan fingerprint density at radius 2 is 2.12 bits per heavy atom. The molecule has 3 rings (SSSR count). The van der Waals surface area contributed by atoms with Gasteiger partial charge < -0.3 is 15.3 Å². The van der Waals surface area contributed by atoms with Crippen LogP contribution in [0.2, 0.25) is 0 Å². The molecule has 3 aromatic rings. The lowest BCUT2D eigenvalue weighted by atomic mass is 10.1. The van der Waals surface area contributed by atoms with Crippen LogP contribution in [-0.2, 0) is 0 Å². The number of carboxylic acid groups (broad SMARTS) is 1. The summed E-state index contributed by atoms with van der Waals surface area (Å²) in [6, 6.07) is 13.5. The number of nitrogens with one attached hydrogen (secondary N) is 1. The first-order valence-corrected chi connectivity index (χ1v) is 7.33. The van der Waals surface area contributed by atoms with Gasteiger partial charge in [-0.3, -0.25) is 5.10 Å². The summed E-state index contributed by atoms with van der Waals surface area (Å²) in [4.78, 5) is 11.1. The number of aromatic carboxylic acids is 1. The minimum absolute atomic E-state index is 0.00858. The molecule has 0 atom stereocenters. The summed E-state index contributed by atoms with van der Waals surface area (Å²) in [5, 5.41) is 33.8. The summed E-state index contributed by atoms with van der Waals surface area (Å²) >= 11 is 0. The molecule has 1 aromatic carbocycles. The number of hydrogen-bond donors (Lipinski definition) is 3. The highest BCUT2D eigenvalue weighted by Crippen LogP contribution is 2.27. The maximum Gasteiger partial charge on any atom is 0.335 e. The zero-order valence-corrected chi connectivity index (χ0v) is 13.2. The fraction of sp³-hybridized carbons (Fsp3) is 0. The largest absolute Gasteiger partial charge is 0.478 e. The number of rotatable bonds is 4. The predicted molar refractivity (Wildman–Crippen MR) is 92.3 cm³/mol. The van der Waals surface area contributed by atoms with E-state index >= 15 is 0 Å². The first-order chi connectivity index (χ1) is 12.5. The molecule has 8 heteroatoms. The van der Waals surface area contributed by atoms with Crippen LogP contribution in [0, 0.1) is 22.7 Å². The molecule has 0 aliphatic carbocycles. The number of furan rings is 1. The van der Waals surface area contributed by atoms with E-state index in [9.17, 15) is 10.1 Å². The average molecular weight is 345 g/mol. The van der Waals surface area contributed by atoms with E-state index in [4.69, 9.17) is 20.5 Å². The van der Waals surface area contributed by atoms with Gasteiger partial charge in [0.15, 0.2) is 5.82 Å². The molecule has 0 saturated carbocycles. The monoisotopic (exact) mass is 345 g/mol. The van der Waals surface area contributed by atoms with Gasteiger partial charge in [-0.15, -0.1) is 0 Å². The molecule has 2 heterocycles. The van der Waals surface area contributed by atoms with E-state index < -0.39 is 5.97 Å². The van der Waals surface area contributed by atoms with Crippen molar-refractivity contribution in [2.45, 2.75) is 0 Å². The first kappa shape index (κ1) is 16.6. The molecule has 0 aliphatic rings. The molecule has 0 spiro atoms. The number of carbonyl (C=O) groups is 1. The number of aromatic amines is 1. The number of aromatic nitrogens is 2. The standard InChI is InChI=1S/C18H11N5O3/c19-8-12(16-14(9-20)17(21)23-22-16)7-13-4-5-15(26-13)10-2-1-3-11(6-10)18(24)25/h1-7H,(H,24,25)(H3,21,22,23)/b12-7+. The minimum atomic E-state index is -1.04. The van der Waals surface area contributed by atoms with Crippen molar-refractivity contribution in [2.75, 3.05) is 5.73 Å². The summed E-state index contributed by atoms with van der Waals surface area (Å²) in [6.07, 6.45) is 1.44. The molecule has 0 radical (unpaired) electrons. The molecule has 0 fully saturated rings. The van der Waals surface area contributed by atoms with Gasteiger partial charge in [-0.2, -0.15) is 15.6 Å². The Labute approximate surface area is 147 Å². The van der Waals surface area contributed by atoms with Gasteiger partial charge in [0, 0.05) is 11.6 Å². The van der Waals surface area contributed by atoms with Gasteiger partial charge in [0.2, 0.25) is 0 Å². The van der Waals surface area contributed by atoms with Crippen molar-refractivity contribution in [1.29, 1.82) is 10.5 Å². The normalized spacial score (nSPS) is 10.9. The third-order valence-electron chi connectivity index (χ3n) is 3.60. The van der Waals surface area contributed by atoms with Gasteiger partial charge in [0.1, 0.15) is 29.2 Å². The van der Waals surface area contributed by atoms with E-state index in [-0.39, 0.29) is 28.2 Å². The van der Waals surface area contributed by atoms with E-state index in [0.717, 1.165) is 0 Å². The molecule has 4 N–H and O–H groups in total. The maximum atomic E-state index is 11.1. The third kappa shape index (κ3) is 3.03. The van der Waals surface area contributed by atoms with Gasteiger partial charge in [0.05, 0.1) is 16.8 Å². The Balaban J connectivity index is 1.98. The van der Waals surface area contributed by atoms with E-state index in [0.29, 0.717) is 17.1 Å². The lowest BCUT2D eigenvalue weighted by Gasteiger charge is -1.99. The zero-order chi connectivity index (χ0) is 18.7. The molecular weight excluding hydrogens is 334 g/mol. The third-order valence-corrected chi connectivity index (χ3v) is 3.60. The highest BCUT2D eigenvalue weighted by atomic mass is 16.4. The number of nitrogens with two attached hydrogens (primary N) is 1. The molecule has 0 aliphatic heterocycles. The Morgan fingerprint density at radius 1 is 1.31 bits per heavy atom. The number of nitrogen functional groups attached to an aromatic ring is 1. The van der Waals surface area contributed by atoms with Crippen LogP contribution < -0.4 is 5.73 Å². The molecule has 26 heavy (non-hydrogen) atoms. The fourth-order valence-corrected chi connectivity index (χ4v) is 2.36. The van der Waals surface area contributed by atoms with E-state index in [1.807, 2.05) is 12.1 Å². The Kier molecular flexibility index (Phi) is 4.25. The second-order valence-corrected chi connectivity index (χ2v) is 5.23. The van der Waals surface area contributed by atoms with Crippen LogP contribution in [-0.4, -0.2) is 21.3 Å². The van der Waals surface area contributed by atoms with E-state index in [1.54, 1.807) is 24.3 Å². The topological polar surface area (TPSA) is 153 Å². The van der Waals surface area contributed by atoms with Gasteiger partial charge in [-0.05, 0) is 24.3 Å². The van der Waals surface area contributed by atoms with Crippen LogP contribution in [0.15, 0.2) is 40.8 Å².